The van der Waals surface area contributed by atoms with Crippen molar-refractivity contribution in [1.29, 1.82) is 0 Å². The number of rotatable bonds is 2. The summed E-state index contributed by atoms with van der Waals surface area (Å²) >= 11 is 5.90. The normalized spacial score (nSPS) is 10.8. The predicted octanol–water partition coefficient (Wildman–Crippen LogP) is 4.34. The lowest BCUT2D eigenvalue weighted by atomic mass is 10.1. The molecule has 2 nitrogen and oxygen atoms in total. The van der Waals surface area contributed by atoms with Crippen LogP contribution in [0, 0.1) is 6.92 Å². The monoisotopic (exact) mass is 268 g/mol. The first-order valence-corrected chi connectivity index (χ1v) is 6.69. The van der Waals surface area contributed by atoms with Crippen molar-refractivity contribution < 1.29 is 0 Å². The smallest absolute Gasteiger partial charge is 0.159 e. The highest BCUT2D eigenvalue weighted by Gasteiger charge is 2.06. The largest absolute Gasteiger partial charge is 0.236 e. The Labute approximate surface area is 117 Å². The van der Waals surface area contributed by atoms with Gasteiger partial charge in [0, 0.05) is 11.8 Å². The van der Waals surface area contributed by atoms with E-state index in [0.29, 0.717) is 5.88 Å². The Morgan fingerprint density at radius 1 is 1.05 bits per heavy atom. The van der Waals surface area contributed by atoms with Crippen LogP contribution in [0.4, 0.5) is 0 Å². The van der Waals surface area contributed by atoms with E-state index in [1.807, 2.05) is 31.3 Å². The molecule has 0 amide bonds. The summed E-state index contributed by atoms with van der Waals surface area (Å²) in [7, 11) is 0. The molecule has 1 heterocycles. The van der Waals surface area contributed by atoms with Gasteiger partial charge in [0.15, 0.2) is 5.82 Å². The van der Waals surface area contributed by atoms with Gasteiger partial charge in [-0.2, -0.15) is 0 Å². The molecule has 0 fully saturated rings. The van der Waals surface area contributed by atoms with Crippen LogP contribution < -0.4 is 0 Å². The lowest BCUT2D eigenvalue weighted by Crippen LogP contribution is -1.96. The van der Waals surface area contributed by atoms with Gasteiger partial charge in [0.2, 0.25) is 0 Å². The fraction of sp³-hybridized carbons (Fsp3) is 0.125. The molecule has 2 aromatic carbocycles. The van der Waals surface area contributed by atoms with Gasteiger partial charge in [-0.1, -0.05) is 36.4 Å². The van der Waals surface area contributed by atoms with Crippen LogP contribution in [-0.4, -0.2) is 9.97 Å². The predicted molar refractivity (Wildman–Crippen MR) is 79.3 cm³/mol. The number of aryl methyl sites for hydroxylation is 1. The molecule has 0 N–H and O–H groups in total. The van der Waals surface area contributed by atoms with E-state index >= 15 is 0 Å². The summed E-state index contributed by atoms with van der Waals surface area (Å²) in [6, 6.07) is 14.5. The zero-order valence-corrected chi connectivity index (χ0v) is 11.4. The zero-order chi connectivity index (χ0) is 13.2. The summed E-state index contributed by atoms with van der Waals surface area (Å²) in [6.45, 7) is 1.97. The SMILES string of the molecule is Cc1cnc(-c2ccc3ccccc3c2)nc1CCl. The molecule has 19 heavy (non-hydrogen) atoms. The Kier molecular flexibility index (Phi) is 3.18. The van der Waals surface area contributed by atoms with Gasteiger partial charge in [-0.15, -0.1) is 11.6 Å². The number of nitrogens with zero attached hydrogens (tertiary/aromatic N) is 2. The maximum absolute atomic E-state index is 5.90. The van der Waals surface area contributed by atoms with E-state index in [2.05, 4.69) is 34.2 Å². The van der Waals surface area contributed by atoms with Crippen molar-refractivity contribution >= 4 is 22.4 Å². The van der Waals surface area contributed by atoms with E-state index in [1.165, 1.54) is 10.8 Å². The standard InChI is InChI=1S/C16H13ClN2/c1-11-10-18-16(19-15(11)9-17)14-7-6-12-4-2-3-5-13(12)8-14/h2-8,10H,9H2,1H3. The summed E-state index contributed by atoms with van der Waals surface area (Å²) in [5.74, 6) is 1.14. The van der Waals surface area contributed by atoms with E-state index in [0.717, 1.165) is 22.6 Å². The highest BCUT2D eigenvalue weighted by Crippen LogP contribution is 2.22. The molecule has 0 radical (unpaired) electrons. The minimum Gasteiger partial charge on any atom is -0.236 e. The van der Waals surface area contributed by atoms with Crippen molar-refractivity contribution in [2.75, 3.05) is 0 Å². The number of hydrogen-bond acceptors (Lipinski definition) is 2. The van der Waals surface area contributed by atoms with Gasteiger partial charge in [0.05, 0.1) is 11.6 Å². The fourth-order valence-electron chi connectivity index (χ4n) is 2.08. The lowest BCUT2D eigenvalue weighted by Gasteiger charge is -2.06. The molecule has 0 saturated heterocycles. The molecule has 0 bridgehead atoms. The maximum Gasteiger partial charge on any atom is 0.159 e. The first-order valence-electron chi connectivity index (χ1n) is 6.15. The van der Waals surface area contributed by atoms with Crippen LogP contribution in [0.15, 0.2) is 48.7 Å². The maximum atomic E-state index is 5.90. The molecule has 0 spiro atoms. The Bertz CT molecular complexity index is 738. The van der Waals surface area contributed by atoms with Crippen LogP contribution in [0.25, 0.3) is 22.2 Å². The third kappa shape index (κ3) is 2.32. The Balaban J connectivity index is 2.13. The average molecular weight is 269 g/mol. The van der Waals surface area contributed by atoms with Crippen LogP contribution in [0.1, 0.15) is 11.3 Å². The van der Waals surface area contributed by atoms with Gasteiger partial charge < -0.3 is 0 Å². The first-order chi connectivity index (χ1) is 9.28. The minimum absolute atomic E-state index is 0.412. The van der Waals surface area contributed by atoms with Crippen molar-refractivity contribution in [3.63, 3.8) is 0 Å². The van der Waals surface area contributed by atoms with E-state index in [9.17, 15) is 0 Å². The van der Waals surface area contributed by atoms with E-state index in [1.54, 1.807) is 0 Å². The third-order valence-corrected chi connectivity index (χ3v) is 3.46. The van der Waals surface area contributed by atoms with Crippen LogP contribution in [0.5, 0.6) is 0 Å². The molecule has 0 unspecified atom stereocenters. The fourth-order valence-corrected chi connectivity index (χ4v) is 2.35. The van der Waals surface area contributed by atoms with E-state index in [-0.39, 0.29) is 0 Å². The summed E-state index contributed by atoms with van der Waals surface area (Å²) < 4.78 is 0. The molecular weight excluding hydrogens is 256 g/mol. The molecule has 0 aliphatic heterocycles. The quantitative estimate of drug-likeness (QED) is 0.646. The summed E-state index contributed by atoms with van der Waals surface area (Å²) in [5.41, 5.74) is 2.93. The van der Waals surface area contributed by atoms with Crippen molar-refractivity contribution in [3.8, 4) is 11.4 Å². The second-order valence-electron chi connectivity index (χ2n) is 4.52. The van der Waals surface area contributed by atoms with Gasteiger partial charge in [-0.3, -0.25) is 0 Å². The van der Waals surface area contributed by atoms with Crippen molar-refractivity contribution in [1.82, 2.24) is 9.97 Å². The van der Waals surface area contributed by atoms with Gasteiger partial charge in [-0.05, 0) is 29.3 Å². The Morgan fingerprint density at radius 3 is 2.63 bits per heavy atom. The summed E-state index contributed by atoms with van der Waals surface area (Å²) in [5, 5.41) is 2.41. The first kappa shape index (κ1) is 12.1. The molecule has 0 atom stereocenters. The zero-order valence-electron chi connectivity index (χ0n) is 10.6. The molecule has 3 rings (SSSR count). The van der Waals surface area contributed by atoms with Crippen LogP contribution in [-0.2, 0) is 5.88 Å². The Morgan fingerprint density at radius 2 is 1.84 bits per heavy atom. The topological polar surface area (TPSA) is 25.8 Å². The number of halogens is 1. The minimum atomic E-state index is 0.412. The Hall–Kier alpha value is -1.93. The number of hydrogen-bond donors (Lipinski definition) is 0. The highest BCUT2D eigenvalue weighted by atomic mass is 35.5. The number of aromatic nitrogens is 2. The van der Waals surface area contributed by atoms with Crippen LogP contribution >= 0.6 is 11.6 Å². The summed E-state index contributed by atoms with van der Waals surface area (Å²) in [6.07, 6.45) is 1.83. The summed E-state index contributed by atoms with van der Waals surface area (Å²) in [4.78, 5) is 8.92. The molecular formula is C16H13ClN2. The average Bonchev–Trinajstić information content (AvgIpc) is 2.47. The second-order valence-corrected chi connectivity index (χ2v) is 4.79. The molecule has 94 valence electrons. The number of fused-ring (bicyclic) bond motifs is 1. The van der Waals surface area contributed by atoms with E-state index in [4.69, 9.17) is 11.6 Å². The molecule has 3 heteroatoms. The highest BCUT2D eigenvalue weighted by molar-refractivity contribution is 6.17. The van der Waals surface area contributed by atoms with Crippen molar-refractivity contribution in [2.45, 2.75) is 12.8 Å². The van der Waals surface area contributed by atoms with Crippen molar-refractivity contribution in [3.05, 3.63) is 59.9 Å². The molecule has 0 aliphatic carbocycles. The molecule has 0 aliphatic rings. The molecule has 3 aromatic rings. The van der Waals surface area contributed by atoms with Crippen LogP contribution in [0.3, 0.4) is 0 Å². The van der Waals surface area contributed by atoms with Gasteiger partial charge >= 0.3 is 0 Å². The van der Waals surface area contributed by atoms with Crippen molar-refractivity contribution in [2.24, 2.45) is 0 Å². The third-order valence-electron chi connectivity index (χ3n) is 3.21. The van der Waals surface area contributed by atoms with Gasteiger partial charge in [-0.25, -0.2) is 9.97 Å². The van der Waals surface area contributed by atoms with Crippen LogP contribution in [0.2, 0.25) is 0 Å². The number of benzene rings is 2. The lowest BCUT2D eigenvalue weighted by molar-refractivity contribution is 1.05. The molecule has 0 saturated carbocycles. The second kappa shape index (κ2) is 4.98. The number of alkyl halides is 1. The molecule has 1 aromatic heterocycles. The van der Waals surface area contributed by atoms with Gasteiger partial charge in [0.25, 0.3) is 0 Å². The van der Waals surface area contributed by atoms with Gasteiger partial charge in [0.1, 0.15) is 0 Å². The van der Waals surface area contributed by atoms with E-state index < -0.39 is 0 Å².